The molecule has 0 radical (unpaired) electrons. The summed E-state index contributed by atoms with van der Waals surface area (Å²) in [5.74, 6) is -1.17. The number of hydrogen-bond donors (Lipinski definition) is 3. The molecule has 1 aliphatic rings. The zero-order chi connectivity index (χ0) is 25.9. The van der Waals surface area contributed by atoms with Crippen LogP contribution in [0.15, 0.2) is 34.5 Å². The van der Waals surface area contributed by atoms with E-state index in [1.165, 1.54) is 22.5 Å². The van der Waals surface area contributed by atoms with E-state index in [0.717, 1.165) is 42.3 Å². The van der Waals surface area contributed by atoms with Crippen molar-refractivity contribution in [3.8, 4) is 0 Å². The highest BCUT2D eigenvalue weighted by Gasteiger charge is 2.26. The van der Waals surface area contributed by atoms with Gasteiger partial charge < -0.3 is 26.4 Å². The predicted molar refractivity (Wildman–Crippen MR) is 139 cm³/mol. The molecule has 36 heavy (non-hydrogen) atoms. The number of thiazole rings is 1. The molecule has 2 aromatic rings. The molecule has 1 saturated carbocycles. The smallest absolute Gasteiger partial charge is 0.308 e. The van der Waals surface area contributed by atoms with Crippen LogP contribution in [0.4, 0.5) is 0 Å². The number of esters is 1. The number of aromatic nitrogens is 1. The van der Waals surface area contributed by atoms with Crippen molar-refractivity contribution in [3.63, 3.8) is 0 Å². The van der Waals surface area contributed by atoms with Crippen LogP contribution in [0.2, 0.25) is 0 Å². The first-order valence-corrected chi connectivity index (χ1v) is 12.8. The van der Waals surface area contributed by atoms with Crippen LogP contribution in [-0.4, -0.2) is 59.5 Å². The van der Waals surface area contributed by atoms with E-state index in [0.29, 0.717) is 11.4 Å². The summed E-state index contributed by atoms with van der Waals surface area (Å²) in [6.45, 7) is -0.164. The Labute approximate surface area is 214 Å². The van der Waals surface area contributed by atoms with E-state index in [1.54, 1.807) is 7.05 Å². The van der Waals surface area contributed by atoms with Gasteiger partial charge in [-0.2, -0.15) is 5.10 Å². The Morgan fingerprint density at radius 3 is 2.72 bits per heavy atom. The van der Waals surface area contributed by atoms with Gasteiger partial charge in [-0.05, 0) is 44.2 Å². The number of benzene rings is 1. The lowest BCUT2D eigenvalue weighted by atomic mass is 9.98. The summed E-state index contributed by atoms with van der Waals surface area (Å²) < 4.78 is 6.64. The quantitative estimate of drug-likeness (QED) is 0.179. The molecule has 5 N–H and O–H groups in total. The Hall–Kier alpha value is -3.54. The Morgan fingerprint density at radius 1 is 1.25 bits per heavy atom. The molecule has 0 bridgehead atoms. The largest absolute Gasteiger partial charge is 0.462 e. The van der Waals surface area contributed by atoms with Gasteiger partial charge in [-0.1, -0.05) is 18.6 Å². The van der Waals surface area contributed by atoms with Gasteiger partial charge in [-0.3, -0.25) is 14.4 Å². The minimum absolute atomic E-state index is 0.0268. The van der Waals surface area contributed by atoms with Crippen molar-refractivity contribution < 1.29 is 19.1 Å². The van der Waals surface area contributed by atoms with Crippen LogP contribution >= 0.6 is 11.3 Å². The molecule has 194 valence electrons. The van der Waals surface area contributed by atoms with Gasteiger partial charge in [0.2, 0.25) is 17.8 Å². The summed E-state index contributed by atoms with van der Waals surface area (Å²) in [4.78, 5) is 43.9. The number of carbonyl (C=O) groups is 3. The topological polar surface area (TPSA) is 165 Å². The molecule has 1 aromatic heterocycles. The van der Waals surface area contributed by atoms with E-state index in [9.17, 15) is 14.4 Å². The minimum atomic E-state index is -0.652. The number of guanidine groups is 1. The fraction of sp³-hybridized carbons (Fsp3) is 0.500. The number of rotatable bonds is 11. The third kappa shape index (κ3) is 8.59. The van der Waals surface area contributed by atoms with Crippen molar-refractivity contribution >= 4 is 51.5 Å². The Kier molecular flexibility index (Phi) is 10.2. The van der Waals surface area contributed by atoms with E-state index in [4.69, 9.17) is 16.2 Å². The number of ether oxygens (including phenoxy) is 1. The van der Waals surface area contributed by atoms with Gasteiger partial charge >= 0.3 is 5.97 Å². The van der Waals surface area contributed by atoms with Gasteiger partial charge in [0, 0.05) is 19.7 Å². The van der Waals surface area contributed by atoms with Crippen molar-refractivity contribution in [2.75, 3.05) is 13.6 Å². The zero-order valence-corrected chi connectivity index (χ0v) is 21.2. The first-order chi connectivity index (χ1) is 17.3. The summed E-state index contributed by atoms with van der Waals surface area (Å²) in [7, 11) is 1.54. The normalized spacial score (nSPS) is 14.9. The highest BCUT2D eigenvalue weighted by molar-refractivity contribution is 7.18. The van der Waals surface area contributed by atoms with Gasteiger partial charge in [-0.25, -0.2) is 4.98 Å². The van der Waals surface area contributed by atoms with Crippen LogP contribution in [0.25, 0.3) is 10.2 Å². The van der Waals surface area contributed by atoms with Crippen LogP contribution in [0, 0.1) is 0 Å². The molecule has 11 nitrogen and oxygen atoms in total. The molecule has 0 saturated heterocycles. The van der Waals surface area contributed by atoms with Gasteiger partial charge in [-0.15, -0.1) is 16.4 Å². The maximum Gasteiger partial charge on any atom is 0.308 e. The Balaban J connectivity index is 1.61. The zero-order valence-electron chi connectivity index (χ0n) is 20.4. The number of amides is 2. The molecule has 1 atom stereocenters. The minimum Gasteiger partial charge on any atom is -0.462 e. The van der Waals surface area contributed by atoms with Crippen LogP contribution in [-0.2, 0) is 19.1 Å². The molecule has 1 aliphatic carbocycles. The van der Waals surface area contributed by atoms with E-state index in [1.807, 2.05) is 24.3 Å². The average Bonchev–Trinajstić information content (AvgIpc) is 3.28. The molecule has 0 spiro atoms. The van der Waals surface area contributed by atoms with Crippen molar-refractivity contribution in [2.24, 2.45) is 21.7 Å². The molecular weight excluding hydrogens is 482 g/mol. The molecule has 1 aromatic carbocycles. The number of likely N-dealkylation sites (N-methyl/N-ethyl adjacent to an activating group) is 1. The van der Waals surface area contributed by atoms with Crippen molar-refractivity contribution in [3.05, 3.63) is 29.3 Å². The summed E-state index contributed by atoms with van der Waals surface area (Å²) in [5.41, 5.74) is 11.2. The molecule has 1 fully saturated rings. The van der Waals surface area contributed by atoms with Gasteiger partial charge in [0.25, 0.3) is 0 Å². The highest BCUT2D eigenvalue weighted by Crippen LogP contribution is 2.29. The summed E-state index contributed by atoms with van der Waals surface area (Å²) >= 11 is 1.42. The lowest BCUT2D eigenvalue weighted by molar-refractivity contribution is -0.151. The number of para-hydroxylation sites is 1. The van der Waals surface area contributed by atoms with Gasteiger partial charge in [0.05, 0.1) is 29.2 Å². The summed E-state index contributed by atoms with van der Waals surface area (Å²) in [6.07, 6.45) is 6.79. The van der Waals surface area contributed by atoms with E-state index >= 15 is 0 Å². The molecule has 12 heteroatoms. The number of carbonyl (C=O) groups excluding carboxylic acids is 3. The second-order valence-electron chi connectivity index (χ2n) is 8.71. The maximum atomic E-state index is 12.8. The molecule has 0 aliphatic heterocycles. The monoisotopic (exact) mass is 515 g/mol. The second kappa shape index (κ2) is 13.5. The molecule has 3 rings (SSSR count). The number of nitrogens with two attached hydrogens (primary N) is 2. The molecule has 1 unspecified atom stereocenters. The molecular formula is C24H33N7O4S. The lowest BCUT2D eigenvalue weighted by Gasteiger charge is -2.24. The van der Waals surface area contributed by atoms with E-state index in [2.05, 4.69) is 20.5 Å². The summed E-state index contributed by atoms with van der Waals surface area (Å²) in [6, 6.07) is 6.98. The number of nitrogens with one attached hydrogen (secondary N) is 1. The third-order valence-corrected chi connectivity index (χ3v) is 6.86. The van der Waals surface area contributed by atoms with E-state index < -0.39 is 11.9 Å². The molecule has 1 heterocycles. The maximum absolute atomic E-state index is 12.8. The molecule has 2 amide bonds. The number of hydrogen-bond acceptors (Lipinski definition) is 8. The van der Waals surface area contributed by atoms with E-state index in [-0.39, 0.29) is 43.3 Å². The SMILES string of the molecule is CN(CC(=O)NC(CC(=O)OC1CCCCC1)c1nc2ccccc2s1)C(=O)CC/C=N\N=C(N)N. The summed E-state index contributed by atoms with van der Waals surface area (Å²) in [5, 5.41) is 10.6. The average molecular weight is 516 g/mol. The number of fused-ring (bicyclic) bond motifs is 1. The number of nitrogens with zero attached hydrogens (tertiary/aromatic N) is 4. The van der Waals surface area contributed by atoms with Crippen LogP contribution < -0.4 is 16.8 Å². The lowest BCUT2D eigenvalue weighted by Crippen LogP contribution is -2.40. The highest BCUT2D eigenvalue weighted by atomic mass is 32.1. The van der Waals surface area contributed by atoms with Gasteiger partial charge in [0.15, 0.2) is 0 Å². The second-order valence-corrected chi connectivity index (χ2v) is 9.77. The van der Waals surface area contributed by atoms with Crippen molar-refractivity contribution in [1.82, 2.24) is 15.2 Å². The van der Waals surface area contributed by atoms with Crippen molar-refractivity contribution in [2.45, 2.75) is 63.5 Å². The first kappa shape index (κ1) is 27.1. The fourth-order valence-electron chi connectivity index (χ4n) is 3.91. The predicted octanol–water partition coefficient (Wildman–Crippen LogP) is 2.22. The standard InChI is InChI=1S/C24H33N7O4S/c1-31(21(33)12-7-13-27-30-24(25)26)15-20(32)28-18(14-22(34)35-16-8-3-2-4-9-16)23-29-17-10-5-6-11-19(17)36-23/h5-6,10-11,13,16,18H,2-4,7-9,12,14-15H2,1H3,(H,28,32)(H4,25,26,30)/b27-13-. The van der Waals surface area contributed by atoms with Crippen LogP contribution in [0.3, 0.4) is 0 Å². The van der Waals surface area contributed by atoms with Crippen LogP contribution in [0.1, 0.15) is 62.4 Å². The Morgan fingerprint density at radius 2 is 2.00 bits per heavy atom. The fourth-order valence-corrected chi connectivity index (χ4v) is 4.93. The Bertz CT molecular complexity index is 1070. The van der Waals surface area contributed by atoms with Crippen LogP contribution in [0.5, 0.6) is 0 Å². The van der Waals surface area contributed by atoms with Crippen molar-refractivity contribution in [1.29, 1.82) is 0 Å². The first-order valence-electron chi connectivity index (χ1n) is 12.0. The van der Waals surface area contributed by atoms with Gasteiger partial charge in [0.1, 0.15) is 11.1 Å². The third-order valence-electron chi connectivity index (χ3n) is 5.71.